The molecule has 0 aliphatic carbocycles. The van der Waals surface area contributed by atoms with Gasteiger partial charge in [0, 0.05) is 29.5 Å². The van der Waals surface area contributed by atoms with Crippen molar-refractivity contribution < 1.29 is 0 Å². The molecule has 0 amide bonds. The fourth-order valence-electron chi connectivity index (χ4n) is 2.03. The third kappa shape index (κ3) is 1.28. The zero-order chi connectivity index (χ0) is 9.38. The summed E-state index contributed by atoms with van der Waals surface area (Å²) in [5, 5.41) is 3.40. The van der Waals surface area contributed by atoms with E-state index in [1.54, 1.807) is 0 Å². The molecule has 3 heteroatoms. The fourth-order valence-corrected chi connectivity index (χ4v) is 2.67. The van der Waals surface area contributed by atoms with Crippen LogP contribution < -0.4 is 4.90 Å². The average molecular weight is 204 g/mol. The minimum Gasteiger partial charge on any atom is -0.372 e. The lowest BCUT2D eigenvalue weighted by Crippen LogP contribution is -2.17. The summed E-state index contributed by atoms with van der Waals surface area (Å²) in [5.74, 6) is 0. The first kappa shape index (κ1) is 8.24. The van der Waals surface area contributed by atoms with Gasteiger partial charge in [0.2, 0.25) is 0 Å². The molecule has 1 aliphatic rings. The van der Waals surface area contributed by atoms with E-state index in [0.717, 1.165) is 5.52 Å². The first-order valence-corrected chi connectivity index (χ1v) is 5.86. The van der Waals surface area contributed by atoms with Crippen LogP contribution in [0.25, 0.3) is 10.9 Å². The number of anilines is 1. The van der Waals surface area contributed by atoms with Gasteiger partial charge >= 0.3 is 0 Å². The molecule has 2 heterocycles. The zero-order valence-electron chi connectivity index (χ0n) is 7.94. The van der Waals surface area contributed by atoms with Gasteiger partial charge in [0.25, 0.3) is 0 Å². The monoisotopic (exact) mass is 204 g/mol. The summed E-state index contributed by atoms with van der Waals surface area (Å²) < 4.78 is 4.31. The fraction of sp³-hybridized carbons (Fsp3) is 0.364. The number of aromatic nitrogens is 1. The van der Waals surface area contributed by atoms with Gasteiger partial charge in [0.05, 0.1) is 5.52 Å². The number of fused-ring (bicyclic) bond motifs is 1. The maximum Gasteiger partial charge on any atom is 0.0842 e. The molecule has 1 saturated heterocycles. The predicted molar refractivity (Wildman–Crippen MR) is 61.1 cm³/mol. The van der Waals surface area contributed by atoms with E-state index in [1.807, 2.05) is 0 Å². The molecule has 1 fully saturated rings. The molecule has 0 spiro atoms. The largest absolute Gasteiger partial charge is 0.372 e. The minimum atomic E-state index is 1.12. The topological polar surface area (TPSA) is 16.1 Å². The number of hydrogen-bond acceptors (Lipinski definition) is 3. The molecule has 14 heavy (non-hydrogen) atoms. The van der Waals surface area contributed by atoms with Crippen LogP contribution in [0.4, 0.5) is 5.69 Å². The van der Waals surface area contributed by atoms with E-state index < -0.39 is 0 Å². The average Bonchev–Trinajstić information content (AvgIpc) is 2.88. The number of hydrogen-bond donors (Lipinski definition) is 0. The Hall–Kier alpha value is -1.09. The number of nitrogens with zero attached hydrogens (tertiary/aromatic N) is 2. The number of benzene rings is 1. The highest BCUT2D eigenvalue weighted by Gasteiger charge is 2.12. The highest BCUT2D eigenvalue weighted by atomic mass is 32.1. The van der Waals surface area contributed by atoms with Gasteiger partial charge in [-0.25, -0.2) is 0 Å². The highest BCUT2D eigenvalue weighted by Crippen LogP contribution is 2.25. The van der Waals surface area contributed by atoms with Crippen LogP contribution in [0.2, 0.25) is 0 Å². The van der Waals surface area contributed by atoms with Crippen LogP contribution in [-0.4, -0.2) is 17.5 Å². The van der Waals surface area contributed by atoms with Gasteiger partial charge in [-0.15, -0.1) is 0 Å². The Balaban J connectivity index is 2.04. The van der Waals surface area contributed by atoms with Crippen LogP contribution >= 0.6 is 11.5 Å². The first-order chi connectivity index (χ1) is 6.93. The molecule has 0 saturated carbocycles. The van der Waals surface area contributed by atoms with Crippen LogP contribution in [0.1, 0.15) is 12.8 Å². The molecule has 1 aromatic carbocycles. The maximum absolute atomic E-state index is 4.31. The second-order valence-corrected chi connectivity index (χ2v) is 4.38. The predicted octanol–water partition coefficient (Wildman–Crippen LogP) is 2.90. The van der Waals surface area contributed by atoms with Crippen molar-refractivity contribution in [3.63, 3.8) is 0 Å². The maximum atomic E-state index is 4.31. The lowest BCUT2D eigenvalue weighted by atomic mass is 10.2. The van der Waals surface area contributed by atoms with Crippen molar-refractivity contribution in [2.75, 3.05) is 18.0 Å². The Kier molecular flexibility index (Phi) is 1.91. The molecule has 1 aliphatic heterocycles. The van der Waals surface area contributed by atoms with Crippen molar-refractivity contribution in [3.8, 4) is 0 Å². The molecule has 2 nitrogen and oxygen atoms in total. The number of rotatable bonds is 1. The van der Waals surface area contributed by atoms with Gasteiger partial charge in [-0.2, -0.15) is 4.37 Å². The molecule has 0 bridgehead atoms. The highest BCUT2D eigenvalue weighted by molar-refractivity contribution is 7.04. The Morgan fingerprint density at radius 2 is 2.07 bits per heavy atom. The van der Waals surface area contributed by atoms with Gasteiger partial charge in [0.1, 0.15) is 0 Å². The van der Waals surface area contributed by atoms with Crippen molar-refractivity contribution in [3.05, 3.63) is 23.6 Å². The Bertz CT molecular complexity index is 443. The summed E-state index contributed by atoms with van der Waals surface area (Å²) >= 11 is 1.54. The molecule has 1 aromatic heterocycles. The Labute approximate surface area is 87.3 Å². The summed E-state index contributed by atoms with van der Waals surface area (Å²) in [4.78, 5) is 2.46. The van der Waals surface area contributed by atoms with Crippen LogP contribution in [0.5, 0.6) is 0 Å². The van der Waals surface area contributed by atoms with E-state index in [4.69, 9.17) is 0 Å². The molecule has 0 radical (unpaired) electrons. The van der Waals surface area contributed by atoms with E-state index >= 15 is 0 Å². The normalized spacial score (nSPS) is 16.7. The second kappa shape index (κ2) is 3.24. The molecule has 3 rings (SSSR count). The van der Waals surface area contributed by atoms with Crippen LogP contribution in [0.15, 0.2) is 23.6 Å². The Morgan fingerprint density at radius 3 is 2.93 bits per heavy atom. The Morgan fingerprint density at radius 1 is 1.21 bits per heavy atom. The lowest BCUT2D eigenvalue weighted by molar-refractivity contribution is 0.949. The third-order valence-electron chi connectivity index (χ3n) is 2.81. The summed E-state index contributed by atoms with van der Waals surface area (Å²) in [7, 11) is 0. The summed E-state index contributed by atoms with van der Waals surface area (Å²) in [6.45, 7) is 2.42. The van der Waals surface area contributed by atoms with Crippen molar-refractivity contribution >= 4 is 28.1 Å². The molecule has 0 N–H and O–H groups in total. The van der Waals surface area contributed by atoms with E-state index in [2.05, 4.69) is 32.9 Å². The van der Waals surface area contributed by atoms with Crippen LogP contribution in [-0.2, 0) is 0 Å². The smallest absolute Gasteiger partial charge is 0.0842 e. The van der Waals surface area contributed by atoms with Crippen molar-refractivity contribution in [1.82, 2.24) is 4.37 Å². The lowest BCUT2D eigenvalue weighted by Gasteiger charge is -2.17. The van der Waals surface area contributed by atoms with Crippen molar-refractivity contribution in [2.24, 2.45) is 0 Å². The van der Waals surface area contributed by atoms with Crippen LogP contribution in [0, 0.1) is 0 Å². The molecule has 2 aromatic rings. The molecule has 72 valence electrons. The summed E-state index contributed by atoms with van der Waals surface area (Å²) in [5.41, 5.74) is 2.48. The standard InChI is InChI=1S/C11H12N2S/c1-2-6-13(5-1)10-3-4-11-9(7-10)8-14-12-11/h3-4,7-8H,1-2,5-6H2. The zero-order valence-corrected chi connectivity index (χ0v) is 8.76. The quantitative estimate of drug-likeness (QED) is 0.710. The molecule has 0 unspecified atom stereocenters. The van der Waals surface area contributed by atoms with Crippen molar-refractivity contribution in [2.45, 2.75) is 12.8 Å². The van der Waals surface area contributed by atoms with Gasteiger partial charge in [-0.05, 0) is 42.6 Å². The van der Waals surface area contributed by atoms with Gasteiger partial charge in [0.15, 0.2) is 0 Å². The SMILES string of the molecule is c1cc2nscc2cc1N1CCCC1. The molecule has 0 atom stereocenters. The van der Waals surface area contributed by atoms with Gasteiger partial charge < -0.3 is 4.90 Å². The van der Waals surface area contributed by atoms with Gasteiger partial charge in [-0.1, -0.05) is 0 Å². The van der Waals surface area contributed by atoms with E-state index in [9.17, 15) is 0 Å². The molecular weight excluding hydrogens is 192 g/mol. The van der Waals surface area contributed by atoms with Gasteiger partial charge in [-0.3, -0.25) is 0 Å². The third-order valence-corrected chi connectivity index (χ3v) is 3.47. The van der Waals surface area contributed by atoms with E-state index in [0.29, 0.717) is 0 Å². The van der Waals surface area contributed by atoms with Crippen molar-refractivity contribution in [1.29, 1.82) is 0 Å². The van der Waals surface area contributed by atoms with E-state index in [-0.39, 0.29) is 0 Å². The first-order valence-electron chi connectivity index (χ1n) is 5.02. The van der Waals surface area contributed by atoms with E-state index in [1.165, 1.54) is 48.5 Å². The minimum absolute atomic E-state index is 1.12. The van der Waals surface area contributed by atoms with Crippen LogP contribution in [0.3, 0.4) is 0 Å². The summed E-state index contributed by atoms with van der Waals surface area (Å²) in [6, 6.07) is 6.57. The molecular formula is C11H12N2S. The summed E-state index contributed by atoms with van der Waals surface area (Å²) in [6.07, 6.45) is 2.67. The second-order valence-electron chi connectivity index (χ2n) is 3.75.